The molecule has 0 spiro atoms. The number of hydrogen-bond donors (Lipinski definition) is 0. The highest BCUT2D eigenvalue weighted by Crippen LogP contribution is 2.19. The zero-order chi connectivity index (χ0) is 27.2. The lowest BCUT2D eigenvalue weighted by Gasteiger charge is -2.18. The Morgan fingerprint density at radius 1 is 0.375 bits per heavy atom. The highest BCUT2D eigenvalue weighted by atomic mass is 16.7. The van der Waals surface area contributed by atoms with Crippen molar-refractivity contribution in [2.45, 2.75) is 62.4 Å². The molecule has 5 aliphatic rings. The van der Waals surface area contributed by atoms with E-state index in [1.807, 2.05) is 72.9 Å². The summed E-state index contributed by atoms with van der Waals surface area (Å²) in [6, 6.07) is 0. The third kappa shape index (κ3) is 10.1. The van der Waals surface area contributed by atoms with Gasteiger partial charge >= 0.3 is 0 Å². The van der Waals surface area contributed by atoms with Crippen molar-refractivity contribution in [2.75, 3.05) is 52.9 Å². The van der Waals surface area contributed by atoms with E-state index in [9.17, 15) is 0 Å². The van der Waals surface area contributed by atoms with Crippen LogP contribution in [0.1, 0.15) is 12.8 Å². The first-order valence-electron chi connectivity index (χ1n) is 14.1. The minimum atomic E-state index is -0.407. The number of hydrogen-bond acceptors (Lipinski definition) is 10. The molecule has 8 bridgehead atoms. The summed E-state index contributed by atoms with van der Waals surface area (Å²) in [7, 11) is 0. The van der Waals surface area contributed by atoms with Crippen LogP contribution in [0.5, 0.6) is 0 Å². The summed E-state index contributed by atoms with van der Waals surface area (Å²) in [5.41, 5.74) is 0. The van der Waals surface area contributed by atoms with Gasteiger partial charge in [0.25, 0.3) is 0 Å². The zero-order valence-electron chi connectivity index (χ0n) is 22.7. The Hall–Kier alpha value is -1.96. The van der Waals surface area contributed by atoms with Gasteiger partial charge in [0.1, 0.15) is 24.4 Å². The minimum absolute atomic E-state index is 0.133. The molecule has 0 radical (unpaired) electrons. The van der Waals surface area contributed by atoms with Crippen molar-refractivity contribution >= 4 is 0 Å². The highest BCUT2D eigenvalue weighted by Gasteiger charge is 2.25. The Morgan fingerprint density at radius 2 is 0.750 bits per heavy atom. The Kier molecular flexibility index (Phi) is 12.2. The van der Waals surface area contributed by atoms with Gasteiger partial charge in [0.2, 0.25) is 0 Å². The van der Waals surface area contributed by atoms with Crippen LogP contribution in [-0.4, -0.2) is 102 Å². The SMILES string of the molecule is C1=CCOC[C@@H]2C=C[C@H](OC[C@@H]3C=C[C@H](OCCC=CCOC[C@@H]4C=C[C@H](OC[C@@H]5C=C[C@H](OCC1)O5)O4)O3)O2. The van der Waals surface area contributed by atoms with E-state index in [1.54, 1.807) is 0 Å². The standard InChI is InChI=1S/C30H40O10/c1-3-15-31-19-23-7-13-29(37-23)36-22-26-10-12-28(40-26)34-18-6-2-4-16-32-20-24-8-14-30(38-24)35-21-25-9-11-27(39-25)33-17-5-1/h1-4,7-14,23-30H,5-6,15-22H2/t23-,24-,25-,26-,27+,28+,29+,30+/m0/s1. The predicted molar refractivity (Wildman–Crippen MR) is 144 cm³/mol. The van der Waals surface area contributed by atoms with Crippen molar-refractivity contribution in [3.05, 3.63) is 72.9 Å². The summed E-state index contributed by atoms with van der Waals surface area (Å²) < 4.78 is 58.0. The number of fused-ring (bicyclic) bond motifs is 8. The molecular weight excluding hydrogens is 520 g/mol. The van der Waals surface area contributed by atoms with E-state index < -0.39 is 12.6 Å². The second-order valence-corrected chi connectivity index (χ2v) is 9.71. The Bertz CT molecular complexity index is 781. The molecule has 5 aliphatic heterocycles. The van der Waals surface area contributed by atoms with Crippen LogP contribution in [0.15, 0.2) is 72.9 Å². The molecule has 0 saturated carbocycles. The molecule has 8 atom stereocenters. The summed E-state index contributed by atoms with van der Waals surface area (Å²) >= 11 is 0. The molecule has 0 N–H and O–H groups in total. The van der Waals surface area contributed by atoms with Gasteiger partial charge in [0.15, 0.2) is 25.2 Å². The molecular formula is C30H40O10. The van der Waals surface area contributed by atoms with Gasteiger partial charge in [-0.05, 0) is 37.1 Å². The monoisotopic (exact) mass is 560 g/mol. The molecule has 0 aromatic carbocycles. The molecule has 0 fully saturated rings. The number of ether oxygens (including phenoxy) is 10. The molecule has 0 aromatic rings. The molecule has 10 nitrogen and oxygen atoms in total. The molecule has 0 aromatic heterocycles. The minimum Gasteiger partial charge on any atom is -0.374 e. The molecule has 220 valence electrons. The molecule has 5 heterocycles. The largest absolute Gasteiger partial charge is 0.374 e. The van der Waals surface area contributed by atoms with Crippen LogP contribution in [-0.2, 0) is 47.4 Å². The topological polar surface area (TPSA) is 92.3 Å². The van der Waals surface area contributed by atoms with E-state index in [0.29, 0.717) is 52.9 Å². The molecule has 0 amide bonds. The van der Waals surface area contributed by atoms with Crippen LogP contribution in [0.4, 0.5) is 0 Å². The van der Waals surface area contributed by atoms with E-state index in [4.69, 9.17) is 47.4 Å². The van der Waals surface area contributed by atoms with Gasteiger partial charge in [-0.25, -0.2) is 0 Å². The zero-order valence-corrected chi connectivity index (χ0v) is 22.7. The van der Waals surface area contributed by atoms with Crippen LogP contribution >= 0.6 is 0 Å². The summed E-state index contributed by atoms with van der Waals surface area (Å²) in [4.78, 5) is 0. The van der Waals surface area contributed by atoms with Crippen LogP contribution in [0, 0.1) is 0 Å². The van der Waals surface area contributed by atoms with Gasteiger partial charge in [0.05, 0.1) is 52.9 Å². The average molecular weight is 561 g/mol. The molecule has 5 rings (SSSR count). The third-order valence-electron chi connectivity index (χ3n) is 6.48. The molecule has 40 heavy (non-hydrogen) atoms. The third-order valence-corrected chi connectivity index (χ3v) is 6.48. The summed E-state index contributed by atoms with van der Waals surface area (Å²) in [5.74, 6) is 0. The van der Waals surface area contributed by atoms with Crippen molar-refractivity contribution in [3.63, 3.8) is 0 Å². The van der Waals surface area contributed by atoms with E-state index in [1.165, 1.54) is 0 Å². The predicted octanol–water partition coefficient (Wildman–Crippen LogP) is 3.12. The van der Waals surface area contributed by atoms with Crippen LogP contribution in [0.2, 0.25) is 0 Å². The lowest BCUT2D eigenvalue weighted by atomic mass is 10.3. The Morgan fingerprint density at radius 3 is 1.18 bits per heavy atom. The van der Waals surface area contributed by atoms with Gasteiger partial charge in [-0.3, -0.25) is 0 Å². The van der Waals surface area contributed by atoms with Gasteiger partial charge in [-0.15, -0.1) is 0 Å². The quantitative estimate of drug-likeness (QED) is 0.412. The number of rotatable bonds is 0. The second kappa shape index (κ2) is 16.5. The first kappa shape index (κ1) is 29.5. The summed E-state index contributed by atoms with van der Waals surface area (Å²) in [5, 5.41) is 0. The Balaban J connectivity index is 1.03. The lowest BCUT2D eigenvalue weighted by Crippen LogP contribution is -2.25. The van der Waals surface area contributed by atoms with Crippen molar-refractivity contribution in [1.29, 1.82) is 0 Å². The first-order valence-corrected chi connectivity index (χ1v) is 14.1. The van der Waals surface area contributed by atoms with Gasteiger partial charge in [-0.2, -0.15) is 0 Å². The van der Waals surface area contributed by atoms with Gasteiger partial charge in [0, 0.05) is 0 Å². The maximum atomic E-state index is 5.85. The van der Waals surface area contributed by atoms with E-state index >= 15 is 0 Å². The summed E-state index contributed by atoms with van der Waals surface area (Å²) in [6.45, 7) is 3.78. The van der Waals surface area contributed by atoms with Crippen molar-refractivity contribution in [2.24, 2.45) is 0 Å². The highest BCUT2D eigenvalue weighted by molar-refractivity contribution is 5.03. The molecule has 0 saturated heterocycles. The van der Waals surface area contributed by atoms with E-state index in [-0.39, 0.29) is 37.0 Å². The smallest absolute Gasteiger partial charge is 0.177 e. The fraction of sp³-hybridized carbons (Fsp3) is 0.600. The molecule has 10 heteroatoms. The summed E-state index contributed by atoms with van der Waals surface area (Å²) in [6.07, 6.45) is 22.9. The molecule has 0 unspecified atom stereocenters. The maximum Gasteiger partial charge on any atom is 0.177 e. The second-order valence-electron chi connectivity index (χ2n) is 9.71. The average Bonchev–Trinajstić information content (AvgIpc) is 3.77. The fourth-order valence-corrected chi connectivity index (χ4v) is 4.43. The van der Waals surface area contributed by atoms with Gasteiger partial charge in [-0.1, -0.05) is 48.6 Å². The first-order chi connectivity index (χ1) is 19.8. The fourth-order valence-electron chi connectivity index (χ4n) is 4.43. The van der Waals surface area contributed by atoms with Crippen molar-refractivity contribution in [3.8, 4) is 0 Å². The lowest BCUT2D eigenvalue weighted by molar-refractivity contribution is -0.168. The normalized spacial score (nSPS) is 38.4. The van der Waals surface area contributed by atoms with E-state index in [0.717, 1.165) is 12.8 Å². The van der Waals surface area contributed by atoms with Crippen LogP contribution in [0.25, 0.3) is 0 Å². The van der Waals surface area contributed by atoms with Crippen molar-refractivity contribution in [1.82, 2.24) is 0 Å². The van der Waals surface area contributed by atoms with Gasteiger partial charge < -0.3 is 47.4 Å². The van der Waals surface area contributed by atoms with Crippen LogP contribution < -0.4 is 0 Å². The van der Waals surface area contributed by atoms with E-state index in [2.05, 4.69) is 0 Å². The van der Waals surface area contributed by atoms with Crippen LogP contribution in [0.3, 0.4) is 0 Å². The van der Waals surface area contributed by atoms with Crippen molar-refractivity contribution < 1.29 is 47.4 Å². The molecule has 0 aliphatic carbocycles. The Labute approximate surface area is 235 Å². The maximum absolute atomic E-state index is 5.85.